The van der Waals surface area contributed by atoms with E-state index in [0.29, 0.717) is 0 Å². The van der Waals surface area contributed by atoms with Crippen molar-refractivity contribution >= 4 is 0 Å². The monoisotopic (exact) mass is 179 g/mol. The lowest BCUT2D eigenvalue weighted by Gasteiger charge is -2.39. The summed E-state index contributed by atoms with van der Waals surface area (Å²) in [6.45, 7) is 3.42. The van der Waals surface area contributed by atoms with Gasteiger partial charge in [0.05, 0.1) is 0 Å². The van der Waals surface area contributed by atoms with Crippen molar-refractivity contribution in [2.24, 2.45) is 23.7 Å². The molecule has 3 bridgehead atoms. The maximum Gasteiger partial charge on any atom is 0.0101 e. The first-order chi connectivity index (χ1) is 6.36. The van der Waals surface area contributed by atoms with Crippen molar-refractivity contribution in [1.82, 2.24) is 5.32 Å². The fourth-order valence-corrected chi connectivity index (χ4v) is 4.45. The summed E-state index contributed by atoms with van der Waals surface area (Å²) in [7, 11) is 0. The SMILES string of the molecule is CCNC1CC2CC3CC(C2)C1C3. The van der Waals surface area contributed by atoms with Gasteiger partial charge in [0, 0.05) is 6.04 Å². The molecule has 0 aliphatic heterocycles. The summed E-state index contributed by atoms with van der Waals surface area (Å²) in [4.78, 5) is 0. The maximum absolute atomic E-state index is 3.71. The molecule has 13 heavy (non-hydrogen) atoms. The molecule has 0 saturated heterocycles. The molecule has 74 valence electrons. The van der Waals surface area contributed by atoms with Crippen LogP contribution in [0.2, 0.25) is 0 Å². The van der Waals surface area contributed by atoms with Crippen molar-refractivity contribution < 1.29 is 0 Å². The summed E-state index contributed by atoms with van der Waals surface area (Å²) >= 11 is 0. The molecule has 0 radical (unpaired) electrons. The zero-order chi connectivity index (χ0) is 8.84. The lowest BCUT2D eigenvalue weighted by atomic mass is 9.70. The molecule has 3 saturated carbocycles. The molecule has 0 heterocycles. The number of rotatable bonds is 2. The fourth-order valence-electron chi connectivity index (χ4n) is 4.45. The van der Waals surface area contributed by atoms with E-state index in [-0.39, 0.29) is 0 Å². The van der Waals surface area contributed by atoms with Gasteiger partial charge in [-0.2, -0.15) is 0 Å². The van der Waals surface area contributed by atoms with Crippen LogP contribution in [-0.4, -0.2) is 12.6 Å². The number of fused-ring (bicyclic) bond motifs is 2. The highest BCUT2D eigenvalue weighted by Gasteiger charge is 2.48. The molecule has 5 unspecified atom stereocenters. The van der Waals surface area contributed by atoms with Crippen LogP contribution in [0.1, 0.15) is 39.0 Å². The molecule has 3 aliphatic rings. The molecule has 0 aromatic carbocycles. The third kappa shape index (κ3) is 1.24. The second-order valence-corrected chi connectivity index (χ2v) is 5.50. The van der Waals surface area contributed by atoms with E-state index >= 15 is 0 Å². The van der Waals surface area contributed by atoms with Gasteiger partial charge < -0.3 is 5.32 Å². The Kier molecular flexibility index (Phi) is 1.90. The summed E-state index contributed by atoms with van der Waals surface area (Å²) in [6.07, 6.45) is 7.76. The van der Waals surface area contributed by atoms with E-state index in [1.165, 1.54) is 13.0 Å². The molecule has 1 N–H and O–H groups in total. The van der Waals surface area contributed by atoms with E-state index in [4.69, 9.17) is 0 Å². The first-order valence-corrected chi connectivity index (χ1v) is 6.10. The lowest BCUT2D eigenvalue weighted by molar-refractivity contribution is 0.138. The average Bonchev–Trinajstić information content (AvgIpc) is 2.33. The third-order valence-electron chi connectivity index (χ3n) is 4.72. The molecule has 1 nitrogen and oxygen atoms in total. The van der Waals surface area contributed by atoms with Gasteiger partial charge in [-0.1, -0.05) is 6.92 Å². The molecule has 0 amide bonds. The van der Waals surface area contributed by atoms with Gasteiger partial charge >= 0.3 is 0 Å². The van der Waals surface area contributed by atoms with E-state index in [1.54, 1.807) is 25.7 Å². The minimum Gasteiger partial charge on any atom is -0.314 e. The highest BCUT2D eigenvalue weighted by atomic mass is 14.9. The predicted molar refractivity (Wildman–Crippen MR) is 54.5 cm³/mol. The molecule has 0 aromatic rings. The average molecular weight is 179 g/mol. The molecule has 3 aliphatic carbocycles. The van der Waals surface area contributed by atoms with Crippen LogP contribution in [0.4, 0.5) is 0 Å². The van der Waals surface area contributed by atoms with Crippen LogP contribution in [0.3, 0.4) is 0 Å². The Morgan fingerprint density at radius 3 is 2.54 bits per heavy atom. The Morgan fingerprint density at radius 2 is 1.77 bits per heavy atom. The standard InChI is InChI=1S/C12H21N/c1-2-13-12-7-9-3-8-4-10(5-9)11(12)6-8/h8-13H,2-7H2,1H3. The number of hydrogen-bond acceptors (Lipinski definition) is 1. The van der Waals surface area contributed by atoms with E-state index in [9.17, 15) is 0 Å². The molecule has 3 fully saturated rings. The highest BCUT2D eigenvalue weighted by molar-refractivity contribution is 5.01. The van der Waals surface area contributed by atoms with Crippen molar-refractivity contribution in [3.8, 4) is 0 Å². The van der Waals surface area contributed by atoms with Crippen LogP contribution >= 0.6 is 0 Å². The van der Waals surface area contributed by atoms with Crippen LogP contribution in [0.25, 0.3) is 0 Å². The molecule has 0 spiro atoms. The van der Waals surface area contributed by atoms with Crippen molar-refractivity contribution in [2.75, 3.05) is 6.54 Å². The molecule has 1 heteroatoms. The molecule has 5 atom stereocenters. The Bertz CT molecular complexity index is 199. The Hall–Kier alpha value is -0.0400. The summed E-state index contributed by atoms with van der Waals surface area (Å²) in [5, 5.41) is 3.71. The van der Waals surface area contributed by atoms with Gasteiger partial charge in [-0.25, -0.2) is 0 Å². The van der Waals surface area contributed by atoms with Gasteiger partial charge in [0.2, 0.25) is 0 Å². The van der Waals surface area contributed by atoms with E-state index in [0.717, 1.165) is 29.7 Å². The minimum absolute atomic E-state index is 0.890. The summed E-state index contributed by atoms with van der Waals surface area (Å²) in [5.41, 5.74) is 0. The van der Waals surface area contributed by atoms with Crippen LogP contribution in [0.15, 0.2) is 0 Å². The number of hydrogen-bond donors (Lipinski definition) is 1. The maximum atomic E-state index is 3.71. The van der Waals surface area contributed by atoms with Crippen LogP contribution in [-0.2, 0) is 0 Å². The third-order valence-corrected chi connectivity index (χ3v) is 4.72. The largest absolute Gasteiger partial charge is 0.314 e. The zero-order valence-corrected chi connectivity index (χ0v) is 8.63. The second kappa shape index (κ2) is 2.98. The molecule has 3 rings (SSSR count). The molecule has 0 aromatic heterocycles. The predicted octanol–water partition coefficient (Wildman–Crippen LogP) is 2.42. The van der Waals surface area contributed by atoms with Crippen molar-refractivity contribution in [3.63, 3.8) is 0 Å². The molecular weight excluding hydrogens is 158 g/mol. The zero-order valence-electron chi connectivity index (χ0n) is 8.63. The van der Waals surface area contributed by atoms with Gasteiger partial charge in [0.25, 0.3) is 0 Å². The van der Waals surface area contributed by atoms with Gasteiger partial charge in [-0.15, -0.1) is 0 Å². The first-order valence-electron chi connectivity index (χ1n) is 6.10. The highest BCUT2D eigenvalue weighted by Crippen LogP contribution is 2.54. The van der Waals surface area contributed by atoms with Gasteiger partial charge in [0.1, 0.15) is 0 Å². The van der Waals surface area contributed by atoms with Crippen molar-refractivity contribution in [3.05, 3.63) is 0 Å². The quantitative estimate of drug-likeness (QED) is 0.686. The van der Waals surface area contributed by atoms with Gasteiger partial charge in [-0.05, 0) is 62.3 Å². The Balaban J connectivity index is 1.79. The lowest BCUT2D eigenvalue weighted by Crippen LogP contribution is -2.43. The van der Waals surface area contributed by atoms with E-state index < -0.39 is 0 Å². The van der Waals surface area contributed by atoms with Crippen molar-refractivity contribution in [1.29, 1.82) is 0 Å². The summed E-state index contributed by atoms with van der Waals surface area (Å²) < 4.78 is 0. The van der Waals surface area contributed by atoms with Gasteiger partial charge in [-0.3, -0.25) is 0 Å². The van der Waals surface area contributed by atoms with Crippen LogP contribution in [0.5, 0.6) is 0 Å². The molecular formula is C12H21N. The van der Waals surface area contributed by atoms with Crippen LogP contribution in [0, 0.1) is 23.7 Å². The summed E-state index contributed by atoms with van der Waals surface area (Å²) in [6, 6.07) is 0.890. The topological polar surface area (TPSA) is 12.0 Å². The normalized spacial score (nSPS) is 52.8. The Morgan fingerprint density at radius 1 is 1.00 bits per heavy atom. The first kappa shape index (κ1) is 8.28. The van der Waals surface area contributed by atoms with Gasteiger partial charge in [0.15, 0.2) is 0 Å². The Labute approximate surface area is 81.3 Å². The number of nitrogens with one attached hydrogen (secondary N) is 1. The smallest absolute Gasteiger partial charge is 0.0101 e. The fraction of sp³-hybridized carbons (Fsp3) is 1.00. The second-order valence-electron chi connectivity index (χ2n) is 5.50. The van der Waals surface area contributed by atoms with Crippen molar-refractivity contribution in [2.45, 2.75) is 45.1 Å². The van der Waals surface area contributed by atoms with E-state index in [1.807, 2.05) is 0 Å². The van der Waals surface area contributed by atoms with Crippen LogP contribution < -0.4 is 5.32 Å². The summed E-state index contributed by atoms with van der Waals surface area (Å²) in [5.74, 6) is 4.38. The van der Waals surface area contributed by atoms with E-state index in [2.05, 4.69) is 12.2 Å². The minimum atomic E-state index is 0.890.